The summed E-state index contributed by atoms with van der Waals surface area (Å²) in [6.45, 7) is 0.619. The van der Waals surface area contributed by atoms with E-state index in [1.165, 1.54) is 5.56 Å². The van der Waals surface area contributed by atoms with Crippen molar-refractivity contribution in [2.75, 3.05) is 19.0 Å². The summed E-state index contributed by atoms with van der Waals surface area (Å²) >= 11 is 0. The number of hydrogen-bond acceptors (Lipinski definition) is 5. The molecule has 1 unspecified atom stereocenters. The number of hydrogen-bond donors (Lipinski definition) is 1. The highest BCUT2D eigenvalue weighted by molar-refractivity contribution is 5.92. The number of rotatable bonds is 6. The maximum absolute atomic E-state index is 12.7. The Morgan fingerprint density at radius 2 is 1.90 bits per heavy atom. The van der Waals surface area contributed by atoms with Crippen molar-refractivity contribution < 1.29 is 19.0 Å². The van der Waals surface area contributed by atoms with Gasteiger partial charge in [-0.2, -0.15) is 0 Å². The Morgan fingerprint density at radius 3 is 2.72 bits per heavy atom. The first-order valence-electron chi connectivity index (χ1n) is 9.49. The maximum atomic E-state index is 12.7. The number of carbonyl (C=O) groups is 1. The van der Waals surface area contributed by atoms with E-state index < -0.39 is 0 Å². The van der Waals surface area contributed by atoms with Gasteiger partial charge in [-0.25, -0.2) is 4.98 Å². The number of pyridine rings is 1. The summed E-state index contributed by atoms with van der Waals surface area (Å²) in [4.78, 5) is 16.9. The molecule has 1 aliphatic heterocycles. The Hall–Kier alpha value is -3.38. The number of aromatic nitrogens is 1. The minimum Gasteiger partial charge on any atom is -0.497 e. The molecule has 0 spiro atoms. The van der Waals surface area contributed by atoms with Crippen LogP contribution in [-0.2, 0) is 16.0 Å². The number of anilines is 1. The van der Waals surface area contributed by atoms with Crippen LogP contribution in [0.4, 0.5) is 5.69 Å². The third kappa shape index (κ3) is 4.55. The van der Waals surface area contributed by atoms with Crippen molar-refractivity contribution in [3.05, 3.63) is 78.0 Å². The highest BCUT2D eigenvalue weighted by Gasteiger charge is 2.23. The normalized spacial score (nSPS) is 15.3. The van der Waals surface area contributed by atoms with Crippen LogP contribution in [0.15, 0.2) is 66.9 Å². The lowest BCUT2D eigenvalue weighted by Crippen LogP contribution is -2.22. The molecule has 1 aromatic heterocycles. The molecule has 1 N–H and O–H groups in total. The summed E-state index contributed by atoms with van der Waals surface area (Å²) in [5, 5.41) is 2.90. The van der Waals surface area contributed by atoms with E-state index in [1.807, 2.05) is 18.2 Å². The Labute approximate surface area is 169 Å². The van der Waals surface area contributed by atoms with E-state index in [4.69, 9.17) is 14.2 Å². The van der Waals surface area contributed by atoms with Crippen LogP contribution in [0.1, 0.15) is 23.7 Å². The predicted molar refractivity (Wildman–Crippen MR) is 109 cm³/mol. The molecule has 0 radical (unpaired) electrons. The van der Waals surface area contributed by atoms with E-state index >= 15 is 0 Å². The standard InChI is InChI=1S/C23H22N2O4/c1-27-17-8-10-18(11-9-17)29-23-20(7-4-13-24-23)25-22(26)15-21-19-6-3-2-5-16(19)12-14-28-21/h2-11,13,21H,12,14-15H2,1H3,(H,25,26). The minimum absolute atomic E-state index is 0.153. The first-order chi connectivity index (χ1) is 14.2. The fourth-order valence-electron chi connectivity index (χ4n) is 3.34. The van der Waals surface area contributed by atoms with Crippen LogP contribution in [-0.4, -0.2) is 24.6 Å². The molecule has 0 saturated carbocycles. The minimum atomic E-state index is -0.248. The zero-order valence-electron chi connectivity index (χ0n) is 16.1. The van der Waals surface area contributed by atoms with Crippen LogP contribution in [0.2, 0.25) is 0 Å². The first-order valence-corrected chi connectivity index (χ1v) is 9.49. The quantitative estimate of drug-likeness (QED) is 0.670. The number of nitrogens with one attached hydrogen (secondary N) is 1. The van der Waals surface area contributed by atoms with Gasteiger partial charge < -0.3 is 19.5 Å². The molecule has 2 heterocycles. The van der Waals surface area contributed by atoms with Gasteiger partial charge >= 0.3 is 0 Å². The largest absolute Gasteiger partial charge is 0.497 e. The molecule has 148 valence electrons. The number of ether oxygens (including phenoxy) is 3. The fourth-order valence-corrected chi connectivity index (χ4v) is 3.34. The Bertz CT molecular complexity index is 988. The van der Waals surface area contributed by atoms with Gasteiger partial charge in [-0.05, 0) is 53.9 Å². The van der Waals surface area contributed by atoms with E-state index in [1.54, 1.807) is 49.7 Å². The second kappa shape index (κ2) is 8.75. The van der Waals surface area contributed by atoms with Gasteiger partial charge in [-0.3, -0.25) is 4.79 Å². The Kier molecular flexibility index (Phi) is 5.72. The van der Waals surface area contributed by atoms with E-state index in [0.717, 1.165) is 17.7 Å². The van der Waals surface area contributed by atoms with Crippen molar-refractivity contribution in [1.29, 1.82) is 0 Å². The molecular weight excluding hydrogens is 368 g/mol. The molecule has 1 aliphatic rings. The second-order valence-corrected chi connectivity index (χ2v) is 6.69. The molecule has 6 heteroatoms. The highest BCUT2D eigenvalue weighted by Crippen LogP contribution is 2.31. The zero-order chi connectivity index (χ0) is 20.1. The highest BCUT2D eigenvalue weighted by atomic mass is 16.5. The van der Waals surface area contributed by atoms with Crippen molar-refractivity contribution in [1.82, 2.24) is 4.98 Å². The summed E-state index contributed by atoms with van der Waals surface area (Å²) in [7, 11) is 1.61. The monoisotopic (exact) mass is 390 g/mol. The fraction of sp³-hybridized carbons (Fsp3) is 0.217. The lowest BCUT2D eigenvalue weighted by Gasteiger charge is -2.25. The average molecular weight is 390 g/mol. The van der Waals surface area contributed by atoms with Crippen molar-refractivity contribution in [3.8, 4) is 17.4 Å². The first kappa shape index (κ1) is 19.0. The Balaban J connectivity index is 1.45. The third-order valence-corrected chi connectivity index (χ3v) is 4.78. The molecule has 0 bridgehead atoms. The maximum Gasteiger partial charge on any atom is 0.243 e. The lowest BCUT2D eigenvalue weighted by atomic mass is 9.95. The molecule has 0 aliphatic carbocycles. The molecule has 0 fully saturated rings. The van der Waals surface area contributed by atoms with Gasteiger partial charge in [-0.1, -0.05) is 24.3 Å². The van der Waals surface area contributed by atoms with Gasteiger partial charge in [0.15, 0.2) is 0 Å². The van der Waals surface area contributed by atoms with E-state index in [0.29, 0.717) is 23.9 Å². The van der Waals surface area contributed by atoms with Gasteiger partial charge in [0.2, 0.25) is 11.8 Å². The van der Waals surface area contributed by atoms with E-state index in [2.05, 4.69) is 16.4 Å². The summed E-state index contributed by atoms with van der Waals surface area (Å²) in [6, 6.07) is 18.8. The SMILES string of the molecule is COc1ccc(Oc2ncccc2NC(=O)CC2OCCc3ccccc32)cc1. The van der Waals surface area contributed by atoms with Crippen LogP contribution >= 0.6 is 0 Å². The summed E-state index contributed by atoms with van der Waals surface area (Å²) in [6.07, 6.45) is 2.47. The Morgan fingerprint density at radius 1 is 1.10 bits per heavy atom. The average Bonchev–Trinajstić information content (AvgIpc) is 2.76. The van der Waals surface area contributed by atoms with Crippen LogP contribution in [0, 0.1) is 0 Å². The van der Waals surface area contributed by atoms with Crippen molar-refractivity contribution >= 4 is 11.6 Å². The summed E-state index contributed by atoms with van der Waals surface area (Å²) < 4.78 is 16.8. The lowest BCUT2D eigenvalue weighted by molar-refractivity contribution is -0.119. The molecule has 29 heavy (non-hydrogen) atoms. The number of carbonyl (C=O) groups excluding carboxylic acids is 1. The van der Waals surface area contributed by atoms with Gasteiger partial charge in [0.25, 0.3) is 0 Å². The zero-order valence-corrected chi connectivity index (χ0v) is 16.1. The third-order valence-electron chi connectivity index (χ3n) is 4.78. The number of fused-ring (bicyclic) bond motifs is 1. The van der Waals surface area contributed by atoms with Crippen molar-refractivity contribution in [2.24, 2.45) is 0 Å². The summed E-state index contributed by atoms with van der Waals surface area (Å²) in [5.41, 5.74) is 2.83. The van der Waals surface area contributed by atoms with Crippen LogP contribution < -0.4 is 14.8 Å². The van der Waals surface area contributed by atoms with Gasteiger partial charge in [0.05, 0.1) is 26.2 Å². The number of benzene rings is 2. The smallest absolute Gasteiger partial charge is 0.243 e. The van der Waals surface area contributed by atoms with Crippen molar-refractivity contribution in [2.45, 2.75) is 18.9 Å². The van der Waals surface area contributed by atoms with Gasteiger partial charge in [-0.15, -0.1) is 0 Å². The van der Waals surface area contributed by atoms with Crippen LogP contribution in [0.5, 0.6) is 17.4 Å². The second-order valence-electron chi connectivity index (χ2n) is 6.69. The summed E-state index contributed by atoms with van der Waals surface area (Å²) in [5.74, 6) is 1.51. The molecular formula is C23H22N2O4. The topological polar surface area (TPSA) is 69.7 Å². The molecule has 1 amide bonds. The molecule has 0 saturated heterocycles. The van der Waals surface area contributed by atoms with Crippen LogP contribution in [0.3, 0.4) is 0 Å². The molecule has 2 aromatic carbocycles. The van der Waals surface area contributed by atoms with E-state index in [9.17, 15) is 4.79 Å². The number of nitrogens with zero attached hydrogens (tertiary/aromatic N) is 1. The number of amides is 1. The predicted octanol–water partition coefficient (Wildman–Crippen LogP) is 4.53. The van der Waals surface area contributed by atoms with Gasteiger partial charge in [0, 0.05) is 6.20 Å². The molecule has 1 atom stereocenters. The molecule has 4 rings (SSSR count). The van der Waals surface area contributed by atoms with Crippen LogP contribution in [0.25, 0.3) is 0 Å². The molecule has 6 nitrogen and oxygen atoms in total. The van der Waals surface area contributed by atoms with Crippen molar-refractivity contribution in [3.63, 3.8) is 0 Å². The van der Waals surface area contributed by atoms with Gasteiger partial charge in [0.1, 0.15) is 17.2 Å². The van der Waals surface area contributed by atoms with E-state index in [-0.39, 0.29) is 18.4 Å². The number of methoxy groups -OCH3 is 1. The molecule has 3 aromatic rings.